The van der Waals surface area contributed by atoms with E-state index in [0.29, 0.717) is 0 Å². The number of esters is 1. The van der Waals surface area contributed by atoms with Crippen LogP contribution >= 0.6 is 0 Å². The number of rotatable bonds is 4. The van der Waals surface area contributed by atoms with Crippen molar-refractivity contribution in [3.63, 3.8) is 0 Å². The normalized spacial score (nSPS) is 10.1. The van der Waals surface area contributed by atoms with Gasteiger partial charge in [-0.25, -0.2) is 0 Å². The van der Waals surface area contributed by atoms with Crippen LogP contribution in [0.3, 0.4) is 0 Å². The van der Waals surface area contributed by atoms with E-state index in [4.69, 9.17) is 14.9 Å². The van der Waals surface area contributed by atoms with Gasteiger partial charge in [0, 0.05) is 0 Å². The maximum atomic E-state index is 11.6. The molecule has 0 unspecified atom stereocenters. The predicted molar refractivity (Wildman–Crippen MR) is 69.7 cm³/mol. The van der Waals surface area contributed by atoms with Crippen LogP contribution in [0.1, 0.15) is 11.1 Å². The van der Waals surface area contributed by atoms with Gasteiger partial charge in [-0.2, -0.15) is 0 Å². The van der Waals surface area contributed by atoms with Crippen molar-refractivity contribution in [2.24, 2.45) is 0 Å². The highest BCUT2D eigenvalue weighted by Gasteiger charge is 2.05. The average molecular weight is 258 g/mol. The fourth-order valence-corrected chi connectivity index (χ4v) is 1.59. The number of phenolic OH excluding ortho intramolecular Hbond substituents is 2. The Morgan fingerprint density at radius 3 is 1.84 bits per heavy atom. The minimum atomic E-state index is -0.334. The lowest BCUT2D eigenvalue weighted by atomic mass is 10.1. The smallest absolute Gasteiger partial charge is 0.310 e. The van der Waals surface area contributed by atoms with Gasteiger partial charge in [-0.15, -0.1) is 0 Å². The van der Waals surface area contributed by atoms with Gasteiger partial charge in [0.2, 0.25) is 0 Å². The Kier molecular flexibility index (Phi) is 4.03. The summed E-state index contributed by atoms with van der Waals surface area (Å²) in [5, 5.41) is 18.3. The molecule has 2 N–H and O–H groups in total. The monoisotopic (exact) mass is 258 g/mol. The lowest BCUT2D eigenvalue weighted by Gasteiger charge is -2.05. The van der Waals surface area contributed by atoms with E-state index in [1.807, 2.05) is 0 Å². The second-order valence-corrected chi connectivity index (χ2v) is 4.17. The Labute approximate surface area is 110 Å². The standard InChI is InChI=1S/C15H14O4/c16-13-5-1-11(2-6-13)9-15(18)19-10-12-3-7-14(17)8-4-12/h1-8,16-17H,9-10H2. The zero-order chi connectivity index (χ0) is 13.7. The molecular formula is C15H14O4. The summed E-state index contributed by atoms with van der Waals surface area (Å²) in [5.41, 5.74) is 1.60. The first kappa shape index (κ1) is 13.0. The minimum absolute atomic E-state index is 0.165. The van der Waals surface area contributed by atoms with Crippen molar-refractivity contribution < 1.29 is 19.7 Å². The van der Waals surface area contributed by atoms with Crippen LogP contribution in [-0.4, -0.2) is 16.2 Å². The molecule has 0 atom stereocenters. The van der Waals surface area contributed by atoms with Gasteiger partial charge in [-0.3, -0.25) is 4.79 Å². The fourth-order valence-electron chi connectivity index (χ4n) is 1.59. The molecule has 0 saturated heterocycles. The number of ether oxygens (including phenoxy) is 1. The van der Waals surface area contributed by atoms with Crippen LogP contribution in [0.25, 0.3) is 0 Å². The van der Waals surface area contributed by atoms with E-state index in [-0.39, 0.29) is 30.5 Å². The Morgan fingerprint density at radius 2 is 1.32 bits per heavy atom. The molecule has 0 heterocycles. The molecule has 2 aromatic carbocycles. The summed E-state index contributed by atoms with van der Waals surface area (Å²) in [6, 6.07) is 12.9. The molecule has 0 fully saturated rings. The highest BCUT2D eigenvalue weighted by molar-refractivity contribution is 5.72. The van der Waals surface area contributed by atoms with E-state index in [2.05, 4.69) is 0 Å². The Morgan fingerprint density at radius 1 is 0.842 bits per heavy atom. The van der Waals surface area contributed by atoms with E-state index in [9.17, 15) is 4.79 Å². The van der Waals surface area contributed by atoms with Crippen molar-refractivity contribution in [3.8, 4) is 11.5 Å². The van der Waals surface area contributed by atoms with Crippen molar-refractivity contribution in [2.75, 3.05) is 0 Å². The third-order valence-electron chi connectivity index (χ3n) is 2.62. The zero-order valence-corrected chi connectivity index (χ0v) is 10.2. The van der Waals surface area contributed by atoms with Crippen LogP contribution in [0.4, 0.5) is 0 Å². The first-order valence-electron chi connectivity index (χ1n) is 5.85. The van der Waals surface area contributed by atoms with Crippen molar-refractivity contribution in [1.82, 2.24) is 0 Å². The van der Waals surface area contributed by atoms with E-state index < -0.39 is 0 Å². The molecule has 2 rings (SSSR count). The summed E-state index contributed by atoms with van der Waals surface area (Å²) in [7, 11) is 0. The number of hydrogen-bond donors (Lipinski definition) is 2. The topological polar surface area (TPSA) is 66.8 Å². The molecule has 0 aromatic heterocycles. The van der Waals surface area contributed by atoms with Crippen molar-refractivity contribution in [1.29, 1.82) is 0 Å². The van der Waals surface area contributed by atoms with E-state index >= 15 is 0 Å². The number of carbonyl (C=O) groups excluding carboxylic acids is 1. The number of aromatic hydroxyl groups is 2. The zero-order valence-electron chi connectivity index (χ0n) is 10.2. The van der Waals surface area contributed by atoms with Crippen molar-refractivity contribution >= 4 is 5.97 Å². The summed E-state index contributed by atoms with van der Waals surface area (Å²) in [4.78, 5) is 11.6. The summed E-state index contributed by atoms with van der Waals surface area (Å²) in [5.74, 6) is 0.0131. The summed E-state index contributed by atoms with van der Waals surface area (Å²) >= 11 is 0. The summed E-state index contributed by atoms with van der Waals surface area (Å²) < 4.78 is 5.12. The number of benzene rings is 2. The van der Waals surface area contributed by atoms with Gasteiger partial charge < -0.3 is 14.9 Å². The van der Waals surface area contributed by atoms with Gasteiger partial charge in [0.05, 0.1) is 6.42 Å². The SMILES string of the molecule is O=C(Cc1ccc(O)cc1)OCc1ccc(O)cc1. The van der Waals surface area contributed by atoms with Crippen molar-refractivity contribution in [2.45, 2.75) is 13.0 Å². The van der Waals surface area contributed by atoms with Gasteiger partial charge in [0.25, 0.3) is 0 Å². The predicted octanol–water partition coefficient (Wildman–Crippen LogP) is 2.38. The Bertz CT molecular complexity index is 543. The Hall–Kier alpha value is -2.49. The quantitative estimate of drug-likeness (QED) is 0.826. The molecule has 0 aliphatic carbocycles. The highest BCUT2D eigenvalue weighted by atomic mass is 16.5. The van der Waals surface area contributed by atoms with E-state index in [1.54, 1.807) is 36.4 Å². The lowest BCUT2D eigenvalue weighted by Crippen LogP contribution is -2.07. The second-order valence-electron chi connectivity index (χ2n) is 4.17. The molecule has 4 heteroatoms. The first-order valence-corrected chi connectivity index (χ1v) is 5.85. The van der Waals surface area contributed by atoms with Crippen LogP contribution in [0, 0.1) is 0 Å². The first-order chi connectivity index (χ1) is 9.13. The maximum Gasteiger partial charge on any atom is 0.310 e. The molecule has 0 radical (unpaired) electrons. The van der Waals surface area contributed by atoms with Gasteiger partial charge in [-0.1, -0.05) is 24.3 Å². The van der Waals surface area contributed by atoms with E-state index in [1.165, 1.54) is 12.1 Å². The minimum Gasteiger partial charge on any atom is -0.508 e. The molecule has 19 heavy (non-hydrogen) atoms. The molecule has 0 amide bonds. The van der Waals surface area contributed by atoms with Crippen LogP contribution in [0.15, 0.2) is 48.5 Å². The van der Waals surface area contributed by atoms with Gasteiger partial charge >= 0.3 is 5.97 Å². The largest absolute Gasteiger partial charge is 0.508 e. The summed E-state index contributed by atoms with van der Waals surface area (Å²) in [6.45, 7) is 0.178. The van der Waals surface area contributed by atoms with E-state index in [0.717, 1.165) is 11.1 Å². The molecule has 0 aliphatic heterocycles. The van der Waals surface area contributed by atoms with Crippen LogP contribution in [-0.2, 0) is 22.6 Å². The molecular weight excluding hydrogens is 244 g/mol. The number of carbonyl (C=O) groups is 1. The summed E-state index contributed by atoms with van der Waals surface area (Å²) in [6.07, 6.45) is 0.165. The lowest BCUT2D eigenvalue weighted by molar-refractivity contribution is -0.144. The number of hydrogen-bond acceptors (Lipinski definition) is 4. The third kappa shape index (κ3) is 4.03. The van der Waals surface area contributed by atoms with Gasteiger partial charge in [0.15, 0.2) is 0 Å². The van der Waals surface area contributed by atoms with Crippen LogP contribution in [0.2, 0.25) is 0 Å². The molecule has 4 nitrogen and oxygen atoms in total. The maximum absolute atomic E-state index is 11.6. The Balaban J connectivity index is 1.84. The third-order valence-corrected chi connectivity index (χ3v) is 2.62. The van der Waals surface area contributed by atoms with Crippen molar-refractivity contribution in [3.05, 3.63) is 59.7 Å². The molecule has 2 aromatic rings. The van der Waals surface area contributed by atoms with Gasteiger partial charge in [-0.05, 0) is 35.4 Å². The molecule has 98 valence electrons. The molecule has 0 saturated carbocycles. The van der Waals surface area contributed by atoms with Crippen LogP contribution < -0.4 is 0 Å². The van der Waals surface area contributed by atoms with Gasteiger partial charge in [0.1, 0.15) is 18.1 Å². The fraction of sp³-hybridized carbons (Fsp3) is 0.133. The molecule has 0 bridgehead atoms. The van der Waals surface area contributed by atoms with Crippen LogP contribution in [0.5, 0.6) is 11.5 Å². The molecule has 0 spiro atoms. The second kappa shape index (κ2) is 5.91. The molecule has 0 aliphatic rings. The highest BCUT2D eigenvalue weighted by Crippen LogP contribution is 2.12. The average Bonchev–Trinajstić information content (AvgIpc) is 2.41. The number of phenols is 2.